The lowest BCUT2D eigenvalue weighted by Crippen LogP contribution is -2.62. The summed E-state index contributed by atoms with van der Waals surface area (Å²) in [4.78, 5) is 5.56. The largest absolute Gasteiger partial charge is 0.393 e. The fourth-order valence-electron chi connectivity index (χ4n) is 8.03. The van der Waals surface area contributed by atoms with Crippen molar-refractivity contribution in [2.45, 2.75) is 89.8 Å². The summed E-state index contributed by atoms with van der Waals surface area (Å²) in [7, 11) is 0. The molecule has 0 amide bonds. The van der Waals surface area contributed by atoms with E-state index >= 15 is 0 Å². The van der Waals surface area contributed by atoms with Gasteiger partial charge in [-0.3, -0.25) is 0 Å². The minimum Gasteiger partial charge on any atom is -0.393 e. The van der Waals surface area contributed by atoms with Crippen molar-refractivity contribution in [1.82, 2.24) is 5.48 Å². The Hall–Kier alpha value is 0.380. The van der Waals surface area contributed by atoms with Gasteiger partial charge in [-0.25, -0.2) is 5.48 Å². The molecule has 0 bridgehead atoms. The molecule has 0 unspecified atom stereocenters. The molecule has 4 aliphatic rings. The van der Waals surface area contributed by atoms with Crippen LogP contribution in [0.1, 0.15) is 78.1 Å². The topological polar surface area (TPSA) is 87.7 Å². The van der Waals surface area contributed by atoms with Gasteiger partial charge >= 0.3 is 0 Å². The third-order valence-corrected chi connectivity index (χ3v) is 9.90. The van der Waals surface area contributed by atoms with E-state index in [1.807, 2.05) is 0 Å². The summed E-state index contributed by atoms with van der Waals surface area (Å²) in [5.74, 6) is 2.14. The van der Waals surface area contributed by atoms with E-state index in [-0.39, 0.29) is 36.3 Å². The van der Waals surface area contributed by atoms with E-state index in [9.17, 15) is 10.2 Å². The first-order chi connectivity index (χ1) is 13.3. The maximum atomic E-state index is 12.1. The first-order valence-corrected chi connectivity index (χ1v) is 11.8. The normalized spacial score (nSPS) is 47.3. The zero-order valence-electron chi connectivity index (χ0n) is 18.8. The maximum Gasteiger partial charge on any atom is 0.0735 e. The van der Waals surface area contributed by atoms with Crippen LogP contribution in [-0.4, -0.2) is 41.6 Å². The summed E-state index contributed by atoms with van der Waals surface area (Å²) in [6.45, 7) is 6.96. The number of nitrogens with two attached hydrogens (primary N) is 1. The monoisotopic (exact) mass is 466 g/mol. The SMILES string of the molecule is C[C@]12CC[C@H](O)C[C@H]1CC[C@@H]1[C@@H]2CC[C@]2(C)[C@@H](CNOCCCN)CC[C@]12O.Cl.Cl. The Labute approximate surface area is 195 Å². The minimum absolute atomic E-state index is 0. The number of hydrogen-bond acceptors (Lipinski definition) is 5. The number of nitrogens with one attached hydrogen (secondary N) is 1. The Bertz CT molecular complexity index is 571. The predicted molar refractivity (Wildman–Crippen MR) is 125 cm³/mol. The van der Waals surface area contributed by atoms with Crippen molar-refractivity contribution in [3.8, 4) is 0 Å². The molecule has 0 radical (unpaired) electrons. The molecule has 4 rings (SSSR count). The van der Waals surface area contributed by atoms with Gasteiger partial charge in [0.1, 0.15) is 0 Å². The second-order valence-corrected chi connectivity index (χ2v) is 10.9. The molecule has 0 aromatic heterocycles. The fraction of sp³-hybridized carbons (Fsp3) is 1.00. The molecule has 0 aliphatic heterocycles. The van der Waals surface area contributed by atoms with Crippen molar-refractivity contribution in [2.75, 3.05) is 19.7 Å². The highest BCUT2D eigenvalue weighted by atomic mass is 35.5. The predicted octanol–water partition coefficient (Wildman–Crippen LogP) is 3.83. The van der Waals surface area contributed by atoms with Gasteiger partial charge in [0.25, 0.3) is 0 Å². The second-order valence-electron chi connectivity index (χ2n) is 10.9. The number of rotatable bonds is 6. The van der Waals surface area contributed by atoms with Crippen LogP contribution in [0.15, 0.2) is 0 Å². The van der Waals surface area contributed by atoms with E-state index in [0.29, 0.717) is 42.2 Å². The van der Waals surface area contributed by atoms with Crippen LogP contribution >= 0.6 is 24.8 Å². The number of fused-ring (bicyclic) bond motifs is 5. The van der Waals surface area contributed by atoms with Crippen molar-refractivity contribution in [2.24, 2.45) is 40.2 Å². The summed E-state index contributed by atoms with van der Waals surface area (Å²) in [5.41, 5.74) is 8.45. The van der Waals surface area contributed by atoms with E-state index in [0.717, 1.165) is 57.9 Å². The maximum absolute atomic E-state index is 12.1. The average molecular weight is 468 g/mol. The van der Waals surface area contributed by atoms with Gasteiger partial charge in [0, 0.05) is 12.0 Å². The van der Waals surface area contributed by atoms with E-state index in [4.69, 9.17) is 10.6 Å². The Morgan fingerprint density at radius 1 is 1.00 bits per heavy atom. The number of halogens is 2. The minimum atomic E-state index is -0.538. The summed E-state index contributed by atoms with van der Waals surface area (Å²) in [6, 6.07) is 0. The van der Waals surface area contributed by atoms with Crippen LogP contribution in [0.3, 0.4) is 0 Å². The van der Waals surface area contributed by atoms with Crippen LogP contribution in [-0.2, 0) is 4.84 Å². The molecule has 4 saturated carbocycles. The van der Waals surface area contributed by atoms with Gasteiger partial charge in [-0.15, -0.1) is 24.8 Å². The molecule has 0 aromatic rings. The second kappa shape index (κ2) is 10.1. The summed E-state index contributed by atoms with van der Waals surface area (Å²) in [5, 5.41) is 22.3. The van der Waals surface area contributed by atoms with Crippen molar-refractivity contribution in [3.63, 3.8) is 0 Å². The standard InChI is InChI=1S/C23H42N2O3.2ClH/c1-21-9-7-18(26)14-16(21)4-5-20-19(21)8-10-22(2)17(6-11-23(20,22)27)15-25-28-13-3-12-24;;/h16-20,25-27H,3-15,24H2,1-2H3;2*1H/t16-,17-,18+,19+,20-,21+,22-,23+;;/m1../s1. The van der Waals surface area contributed by atoms with Crippen LogP contribution in [0.2, 0.25) is 0 Å². The van der Waals surface area contributed by atoms with E-state index in [2.05, 4.69) is 19.3 Å². The molecule has 5 nitrogen and oxygen atoms in total. The van der Waals surface area contributed by atoms with Crippen molar-refractivity contribution < 1.29 is 15.1 Å². The first kappa shape index (κ1) is 26.6. The number of hydroxylamine groups is 1. The number of hydrogen-bond donors (Lipinski definition) is 4. The molecule has 0 spiro atoms. The molecule has 0 saturated heterocycles. The summed E-state index contributed by atoms with van der Waals surface area (Å²) in [6.07, 6.45) is 10.5. The van der Waals surface area contributed by atoms with Crippen molar-refractivity contribution in [3.05, 3.63) is 0 Å². The zero-order chi connectivity index (χ0) is 20.0. The highest BCUT2D eigenvalue weighted by Gasteiger charge is 2.66. The Balaban J connectivity index is 0.00000160. The molecule has 178 valence electrons. The van der Waals surface area contributed by atoms with Gasteiger partial charge < -0.3 is 20.8 Å². The quantitative estimate of drug-likeness (QED) is 0.352. The molecule has 4 aliphatic carbocycles. The van der Waals surface area contributed by atoms with Crippen LogP contribution in [0.25, 0.3) is 0 Å². The number of aliphatic hydroxyl groups excluding tert-OH is 1. The van der Waals surface area contributed by atoms with Crippen LogP contribution in [0.5, 0.6) is 0 Å². The third-order valence-electron chi connectivity index (χ3n) is 9.90. The molecular formula is C23H44Cl2N2O3. The highest BCUT2D eigenvalue weighted by molar-refractivity contribution is 5.85. The van der Waals surface area contributed by atoms with Crippen molar-refractivity contribution >= 4 is 24.8 Å². The van der Waals surface area contributed by atoms with E-state index < -0.39 is 5.60 Å². The average Bonchev–Trinajstić information content (AvgIpc) is 2.93. The lowest BCUT2D eigenvalue weighted by molar-refractivity contribution is -0.211. The van der Waals surface area contributed by atoms with Gasteiger partial charge in [0.05, 0.1) is 18.3 Å². The molecule has 30 heavy (non-hydrogen) atoms. The Morgan fingerprint density at radius 3 is 2.50 bits per heavy atom. The Morgan fingerprint density at radius 2 is 1.77 bits per heavy atom. The van der Waals surface area contributed by atoms with Crippen molar-refractivity contribution in [1.29, 1.82) is 0 Å². The van der Waals surface area contributed by atoms with Crippen LogP contribution in [0.4, 0.5) is 0 Å². The number of aliphatic hydroxyl groups is 2. The molecule has 4 fully saturated rings. The smallest absolute Gasteiger partial charge is 0.0735 e. The first-order valence-electron chi connectivity index (χ1n) is 11.8. The summed E-state index contributed by atoms with van der Waals surface area (Å²) >= 11 is 0. The van der Waals surface area contributed by atoms with Gasteiger partial charge in [0.15, 0.2) is 0 Å². The molecular weight excluding hydrogens is 423 g/mol. The third kappa shape index (κ3) is 4.18. The molecule has 0 aromatic carbocycles. The molecule has 0 heterocycles. The van der Waals surface area contributed by atoms with E-state index in [1.54, 1.807) is 0 Å². The Kier molecular flexibility index (Phi) is 8.97. The zero-order valence-corrected chi connectivity index (χ0v) is 20.4. The van der Waals surface area contributed by atoms with Crippen LogP contribution < -0.4 is 11.2 Å². The van der Waals surface area contributed by atoms with Crippen LogP contribution in [0, 0.1) is 34.5 Å². The van der Waals surface area contributed by atoms with Gasteiger partial charge in [0.2, 0.25) is 0 Å². The lowest BCUT2D eigenvalue weighted by Gasteiger charge is -2.63. The van der Waals surface area contributed by atoms with Gasteiger partial charge in [-0.05, 0) is 99.8 Å². The molecule has 8 atom stereocenters. The lowest BCUT2D eigenvalue weighted by atomic mass is 9.43. The molecule has 7 heteroatoms. The van der Waals surface area contributed by atoms with E-state index in [1.165, 1.54) is 12.8 Å². The molecule has 5 N–H and O–H groups in total. The highest BCUT2D eigenvalue weighted by Crippen LogP contribution is 2.68. The van der Waals surface area contributed by atoms with Gasteiger partial charge in [-0.2, -0.15) is 0 Å². The summed E-state index contributed by atoms with van der Waals surface area (Å²) < 4.78 is 0. The van der Waals surface area contributed by atoms with Gasteiger partial charge in [-0.1, -0.05) is 13.8 Å². The fourth-order valence-corrected chi connectivity index (χ4v) is 8.03.